The number of carbonyl (C=O) groups is 2. The maximum absolute atomic E-state index is 13.4. The van der Waals surface area contributed by atoms with Gasteiger partial charge in [-0.15, -0.1) is 0 Å². The highest BCUT2D eigenvalue weighted by Gasteiger charge is 2.47. The number of ether oxygens (including phenoxy) is 2. The highest BCUT2D eigenvalue weighted by Crippen LogP contribution is 2.48. The topological polar surface area (TPSA) is 96.3 Å². The van der Waals surface area contributed by atoms with Crippen LogP contribution in [0.3, 0.4) is 0 Å². The van der Waals surface area contributed by atoms with Crippen molar-refractivity contribution in [2.75, 3.05) is 19.1 Å². The SMILES string of the molecule is COc1c(Cl)cc(/C(O)=C2\C(=O)C(=O)N(c3ccc(C)c(C)c3)C2c2ccc(O)cc2)c(OC)c1Cl. The number of aliphatic hydroxyl groups is 1. The zero-order valence-corrected chi connectivity index (χ0v) is 21.4. The lowest BCUT2D eigenvalue weighted by atomic mass is 9.94. The molecule has 0 spiro atoms. The summed E-state index contributed by atoms with van der Waals surface area (Å²) in [7, 11) is 2.72. The maximum atomic E-state index is 13.4. The minimum atomic E-state index is -1.00. The molecule has 0 radical (unpaired) electrons. The number of anilines is 1. The highest BCUT2D eigenvalue weighted by atomic mass is 35.5. The van der Waals surface area contributed by atoms with E-state index in [1.165, 1.54) is 37.3 Å². The van der Waals surface area contributed by atoms with Crippen LogP contribution < -0.4 is 14.4 Å². The summed E-state index contributed by atoms with van der Waals surface area (Å²) in [5, 5.41) is 21.4. The number of hydrogen-bond donors (Lipinski definition) is 2. The van der Waals surface area contributed by atoms with Crippen molar-refractivity contribution in [3.8, 4) is 17.2 Å². The Labute approximate surface area is 218 Å². The van der Waals surface area contributed by atoms with Crippen LogP contribution in [0.2, 0.25) is 10.0 Å². The van der Waals surface area contributed by atoms with E-state index in [0.29, 0.717) is 11.3 Å². The van der Waals surface area contributed by atoms with Crippen LogP contribution in [0.25, 0.3) is 5.76 Å². The zero-order chi connectivity index (χ0) is 26.3. The van der Waals surface area contributed by atoms with Crippen LogP contribution in [0.15, 0.2) is 54.1 Å². The molecule has 3 aromatic rings. The molecule has 4 rings (SSSR count). The fourth-order valence-electron chi connectivity index (χ4n) is 4.24. The van der Waals surface area contributed by atoms with Crippen LogP contribution in [-0.4, -0.2) is 36.1 Å². The molecule has 1 aliphatic rings. The molecule has 1 saturated heterocycles. The largest absolute Gasteiger partial charge is 0.508 e. The number of aryl methyl sites for hydroxylation is 2. The molecule has 1 atom stereocenters. The van der Waals surface area contributed by atoms with E-state index in [9.17, 15) is 19.8 Å². The maximum Gasteiger partial charge on any atom is 0.300 e. The molecule has 0 aliphatic carbocycles. The monoisotopic (exact) mass is 527 g/mol. The van der Waals surface area contributed by atoms with Gasteiger partial charge < -0.3 is 19.7 Å². The number of phenols is 1. The number of phenolic OH excluding ortho intramolecular Hbond substituents is 1. The summed E-state index contributed by atoms with van der Waals surface area (Å²) in [6, 6.07) is 11.8. The molecule has 2 N–H and O–H groups in total. The van der Waals surface area contributed by atoms with Gasteiger partial charge in [0.25, 0.3) is 11.7 Å². The van der Waals surface area contributed by atoms with Crippen LogP contribution in [0.4, 0.5) is 5.69 Å². The van der Waals surface area contributed by atoms with E-state index in [2.05, 4.69) is 0 Å². The van der Waals surface area contributed by atoms with Crippen molar-refractivity contribution in [1.29, 1.82) is 0 Å². The van der Waals surface area contributed by atoms with E-state index in [0.717, 1.165) is 11.1 Å². The third-order valence-corrected chi connectivity index (χ3v) is 6.84. The van der Waals surface area contributed by atoms with Gasteiger partial charge in [-0.25, -0.2) is 0 Å². The smallest absolute Gasteiger partial charge is 0.300 e. The number of carbonyl (C=O) groups excluding carboxylic acids is 2. The molecule has 1 unspecified atom stereocenters. The molecule has 36 heavy (non-hydrogen) atoms. The average Bonchev–Trinajstić information content (AvgIpc) is 3.11. The van der Waals surface area contributed by atoms with E-state index < -0.39 is 23.5 Å². The number of methoxy groups -OCH3 is 2. The first-order chi connectivity index (χ1) is 17.1. The average molecular weight is 528 g/mol. The fraction of sp³-hybridized carbons (Fsp3) is 0.185. The number of aromatic hydroxyl groups is 1. The molecule has 1 aliphatic heterocycles. The van der Waals surface area contributed by atoms with Crippen LogP contribution in [0, 0.1) is 13.8 Å². The lowest BCUT2D eigenvalue weighted by molar-refractivity contribution is -0.132. The highest BCUT2D eigenvalue weighted by molar-refractivity contribution is 6.52. The lowest BCUT2D eigenvalue weighted by Crippen LogP contribution is -2.29. The molecule has 0 bridgehead atoms. The summed E-state index contributed by atoms with van der Waals surface area (Å²) in [5.41, 5.74) is 2.76. The fourth-order valence-corrected chi connectivity index (χ4v) is 4.92. The van der Waals surface area contributed by atoms with Gasteiger partial charge in [0.2, 0.25) is 0 Å². The van der Waals surface area contributed by atoms with Gasteiger partial charge in [-0.2, -0.15) is 0 Å². The molecule has 3 aromatic carbocycles. The second-order valence-corrected chi connectivity index (χ2v) is 9.10. The number of amides is 1. The standard InChI is InChI=1S/C27H23Cl2NO6/c1-13-5-8-16(11-14(13)2)30-22(15-6-9-17(31)10-7-15)20(24(33)27(30)34)23(32)18-12-19(28)26(36-4)21(29)25(18)35-3/h5-12,22,31-32H,1-4H3/b23-20+. The number of hydrogen-bond acceptors (Lipinski definition) is 6. The molecule has 1 amide bonds. The Hall–Kier alpha value is -3.68. The first-order valence-electron chi connectivity index (χ1n) is 10.9. The third-order valence-electron chi connectivity index (χ3n) is 6.22. The molecule has 1 heterocycles. The zero-order valence-electron chi connectivity index (χ0n) is 19.9. The predicted octanol–water partition coefficient (Wildman–Crippen LogP) is 5.96. The number of benzene rings is 3. The lowest BCUT2D eigenvalue weighted by Gasteiger charge is -2.26. The quantitative estimate of drug-likeness (QED) is 0.241. The molecule has 186 valence electrons. The number of nitrogens with zero attached hydrogens (tertiary/aromatic N) is 1. The van der Waals surface area contributed by atoms with Crippen molar-refractivity contribution >= 4 is 46.3 Å². The summed E-state index contributed by atoms with van der Waals surface area (Å²) >= 11 is 12.7. The summed E-state index contributed by atoms with van der Waals surface area (Å²) in [5.74, 6) is -2.05. The Morgan fingerprint density at radius 1 is 0.917 bits per heavy atom. The van der Waals surface area contributed by atoms with E-state index >= 15 is 0 Å². The van der Waals surface area contributed by atoms with E-state index in [1.807, 2.05) is 19.9 Å². The number of Topliss-reactive ketones (excluding diaryl/α,β-unsaturated/α-hetero) is 1. The second kappa shape index (κ2) is 9.76. The third kappa shape index (κ3) is 4.14. The van der Waals surface area contributed by atoms with Gasteiger partial charge in [0.05, 0.1) is 36.4 Å². The number of rotatable bonds is 5. The van der Waals surface area contributed by atoms with E-state index in [-0.39, 0.29) is 38.4 Å². The Balaban J connectivity index is 2.02. The molecule has 1 fully saturated rings. The van der Waals surface area contributed by atoms with Crippen LogP contribution in [0.1, 0.15) is 28.3 Å². The Morgan fingerprint density at radius 3 is 2.14 bits per heavy atom. The van der Waals surface area contributed by atoms with Gasteiger partial charge in [0, 0.05) is 5.69 Å². The van der Waals surface area contributed by atoms with Gasteiger partial charge in [-0.05, 0) is 60.9 Å². The Morgan fingerprint density at radius 2 is 1.56 bits per heavy atom. The van der Waals surface area contributed by atoms with Crippen LogP contribution in [-0.2, 0) is 9.59 Å². The number of ketones is 1. The number of halogens is 2. The van der Waals surface area contributed by atoms with Gasteiger partial charge in [0.1, 0.15) is 16.5 Å². The normalized spacial score (nSPS) is 16.9. The van der Waals surface area contributed by atoms with E-state index in [1.54, 1.807) is 24.3 Å². The minimum Gasteiger partial charge on any atom is -0.508 e. The molecule has 0 aromatic heterocycles. The summed E-state index contributed by atoms with van der Waals surface area (Å²) in [6.07, 6.45) is 0. The molecule has 7 nitrogen and oxygen atoms in total. The summed E-state index contributed by atoms with van der Waals surface area (Å²) in [4.78, 5) is 28.1. The summed E-state index contributed by atoms with van der Waals surface area (Å²) in [6.45, 7) is 3.84. The van der Waals surface area contributed by atoms with Gasteiger partial charge >= 0.3 is 0 Å². The van der Waals surface area contributed by atoms with Crippen LogP contribution in [0.5, 0.6) is 17.2 Å². The van der Waals surface area contributed by atoms with Crippen LogP contribution >= 0.6 is 23.2 Å². The number of aliphatic hydroxyl groups excluding tert-OH is 1. The molecule has 9 heteroatoms. The second-order valence-electron chi connectivity index (χ2n) is 8.32. The van der Waals surface area contributed by atoms with Crippen molar-refractivity contribution in [2.45, 2.75) is 19.9 Å². The van der Waals surface area contributed by atoms with Crippen molar-refractivity contribution in [2.24, 2.45) is 0 Å². The van der Waals surface area contributed by atoms with E-state index in [4.69, 9.17) is 32.7 Å². The van der Waals surface area contributed by atoms with Gasteiger partial charge in [-0.3, -0.25) is 14.5 Å². The molecular weight excluding hydrogens is 505 g/mol. The Bertz CT molecular complexity index is 1410. The first-order valence-corrected chi connectivity index (χ1v) is 11.6. The van der Waals surface area contributed by atoms with Gasteiger partial charge in [-0.1, -0.05) is 41.4 Å². The van der Waals surface area contributed by atoms with Crippen molar-refractivity contribution in [3.63, 3.8) is 0 Å². The van der Waals surface area contributed by atoms with Crippen molar-refractivity contribution < 1.29 is 29.3 Å². The summed E-state index contributed by atoms with van der Waals surface area (Å²) < 4.78 is 10.6. The molecular formula is C27H23Cl2NO6. The molecule has 0 saturated carbocycles. The predicted molar refractivity (Wildman–Crippen MR) is 138 cm³/mol. The van der Waals surface area contributed by atoms with Gasteiger partial charge in [0.15, 0.2) is 11.5 Å². The first kappa shape index (κ1) is 25.4. The van der Waals surface area contributed by atoms with Crippen molar-refractivity contribution in [3.05, 3.63) is 86.4 Å². The van der Waals surface area contributed by atoms with Crippen molar-refractivity contribution in [1.82, 2.24) is 0 Å². The minimum absolute atomic E-state index is 0.00128. The Kier molecular flexibility index (Phi) is 6.89.